The number of amides is 1. The molecule has 0 aromatic heterocycles. The molecule has 188 valence electrons. The zero-order valence-electron chi connectivity index (χ0n) is 21.1. The second-order valence-electron chi connectivity index (χ2n) is 8.89. The van der Waals surface area contributed by atoms with E-state index in [1.54, 1.807) is 0 Å². The predicted molar refractivity (Wildman–Crippen MR) is 133 cm³/mol. The summed E-state index contributed by atoms with van der Waals surface area (Å²) in [5.74, 6) is 0. The van der Waals surface area contributed by atoms with Crippen molar-refractivity contribution in [3.63, 3.8) is 0 Å². The van der Waals surface area contributed by atoms with Crippen LogP contribution in [0.4, 0.5) is 4.79 Å². The van der Waals surface area contributed by atoms with Gasteiger partial charge in [0.1, 0.15) is 6.61 Å². The molecular formula is C27H46N2O4. The number of hydrogen-bond acceptors (Lipinski definition) is 5. The Morgan fingerprint density at radius 2 is 1.82 bits per heavy atom. The highest BCUT2D eigenvalue weighted by molar-refractivity contribution is 5.68. The topological polar surface area (TPSA) is 60.0 Å². The van der Waals surface area contributed by atoms with Gasteiger partial charge in [0.05, 0.1) is 0 Å². The Morgan fingerprint density at radius 1 is 1.06 bits per heavy atom. The maximum atomic E-state index is 12.8. The second-order valence-corrected chi connectivity index (χ2v) is 8.89. The van der Waals surface area contributed by atoms with Crippen LogP contribution < -0.4 is 5.32 Å². The Morgan fingerprint density at radius 3 is 2.52 bits per heavy atom. The number of nitrogens with one attached hydrogen (secondary N) is 1. The Kier molecular flexibility index (Phi) is 14.1. The third-order valence-corrected chi connectivity index (χ3v) is 6.28. The van der Waals surface area contributed by atoms with Crippen molar-refractivity contribution in [1.29, 1.82) is 0 Å². The van der Waals surface area contributed by atoms with Gasteiger partial charge in [0, 0.05) is 31.8 Å². The summed E-state index contributed by atoms with van der Waals surface area (Å²) >= 11 is 0. The van der Waals surface area contributed by atoms with Gasteiger partial charge in [-0.05, 0) is 64.5 Å². The van der Waals surface area contributed by atoms with Crippen molar-refractivity contribution in [3.05, 3.63) is 35.9 Å². The van der Waals surface area contributed by atoms with E-state index in [0.29, 0.717) is 25.9 Å². The summed E-state index contributed by atoms with van der Waals surface area (Å²) in [7, 11) is 0. The number of carbonyl (C=O) groups is 1. The van der Waals surface area contributed by atoms with Crippen molar-refractivity contribution >= 4 is 6.09 Å². The fraction of sp³-hybridized carbons (Fsp3) is 0.741. The zero-order valence-corrected chi connectivity index (χ0v) is 21.1. The molecule has 1 aromatic carbocycles. The van der Waals surface area contributed by atoms with E-state index >= 15 is 0 Å². The first-order valence-electron chi connectivity index (χ1n) is 13.1. The molecule has 0 unspecified atom stereocenters. The normalized spacial score (nSPS) is 17.0. The summed E-state index contributed by atoms with van der Waals surface area (Å²) in [6.07, 6.45) is 9.58. The van der Waals surface area contributed by atoms with Crippen molar-refractivity contribution < 1.29 is 19.0 Å². The molecule has 6 heteroatoms. The molecule has 1 aromatic rings. The maximum absolute atomic E-state index is 12.8. The van der Waals surface area contributed by atoms with Gasteiger partial charge in [0.25, 0.3) is 0 Å². The van der Waals surface area contributed by atoms with Crippen LogP contribution in [0.25, 0.3) is 0 Å². The lowest BCUT2D eigenvalue weighted by Crippen LogP contribution is -2.41. The number of unbranched alkanes of at least 4 members (excludes halogenated alkanes) is 2. The summed E-state index contributed by atoms with van der Waals surface area (Å²) in [5.41, 5.74) is 1.03. The number of ether oxygens (including phenoxy) is 3. The molecular weight excluding hydrogens is 416 g/mol. The molecule has 1 amide bonds. The van der Waals surface area contributed by atoms with E-state index in [1.807, 2.05) is 49.1 Å². The molecule has 1 aliphatic heterocycles. The van der Waals surface area contributed by atoms with Crippen LogP contribution in [0.5, 0.6) is 0 Å². The van der Waals surface area contributed by atoms with Crippen LogP contribution in [0.1, 0.15) is 84.1 Å². The first-order valence-corrected chi connectivity index (χ1v) is 13.1. The zero-order chi connectivity index (χ0) is 23.7. The maximum Gasteiger partial charge on any atom is 0.410 e. The molecule has 1 heterocycles. The van der Waals surface area contributed by atoms with Crippen LogP contribution in [-0.2, 0) is 20.8 Å². The van der Waals surface area contributed by atoms with Gasteiger partial charge in [-0.2, -0.15) is 0 Å². The minimum Gasteiger partial charge on any atom is -0.445 e. The Balaban J connectivity index is 1.82. The van der Waals surface area contributed by atoms with Crippen LogP contribution >= 0.6 is 0 Å². The average molecular weight is 463 g/mol. The fourth-order valence-corrected chi connectivity index (χ4v) is 4.56. The lowest BCUT2D eigenvalue weighted by molar-refractivity contribution is -0.139. The number of nitrogens with zero attached hydrogens (tertiary/aromatic N) is 1. The third kappa shape index (κ3) is 10.9. The summed E-state index contributed by atoms with van der Waals surface area (Å²) in [6.45, 7) is 9.68. The summed E-state index contributed by atoms with van der Waals surface area (Å²) in [4.78, 5) is 14.7. The van der Waals surface area contributed by atoms with Crippen LogP contribution in [0.3, 0.4) is 0 Å². The van der Waals surface area contributed by atoms with Gasteiger partial charge >= 0.3 is 6.09 Å². The van der Waals surface area contributed by atoms with Gasteiger partial charge in [0.2, 0.25) is 0 Å². The highest BCUT2D eigenvalue weighted by Crippen LogP contribution is 2.24. The molecule has 2 atom stereocenters. The molecule has 1 fully saturated rings. The monoisotopic (exact) mass is 462 g/mol. The number of carbonyl (C=O) groups excluding carboxylic acids is 1. The van der Waals surface area contributed by atoms with Gasteiger partial charge in [-0.3, -0.25) is 0 Å². The fourth-order valence-electron chi connectivity index (χ4n) is 4.56. The largest absolute Gasteiger partial charge is 0.445 e. The van der Waals surface area contributed by atoms with E-state index in [1.165, 1.54) is 19.3 Å². The van der Waals surface area contributed by atoms with E-state index in [-0.39, 0.29) is 18.4 Å². The minimum absolute atomic E-state index is 0.106. The molecule has 1 N–H and O–H groups in total. The van der Waals surface area contributed by atoms with Crippen LogP contribution in [0.15, 0.2) is 30.3 Å². The highest BCUT2D eigenvalue weighted by Gasteiger charge is 2.31. The highest BCUT2D eigenvalue weighted by atomic mass is 16.7. The molecule has 6 nitrogen and oxygen atoms in total. The Bertz CT molecular complexity index is 622. The van der Waals surface area contributed by atoms with E-state index in [2.05, 4.69) is 12.2 Å². The summed E-state index contributed by atoms with van der Waals surface area (Å²) < 4.78 is 17.0. The predicted octanol–water partition coefficient (Wildman–Crippen LogP) is 5.90. The molecule has 1 saturated heterocycles. The molecule has 0 aliphatic carbocycles. The van der Waals surface area contributed by atoms with Crippen molar-refractivity contribution in [3.8, 4) is 0 Å². The summed E-state index contributed by atoms with van der Waals surface area (Å²) in [5, 5.41) is 3.77. The molecule has 33 heavy (non-hydrogen) atoms. The van der Waals surface area contributed by atoms with Crippen molar-refractivity contribution in [2.75, 3.05) is 26.3 Å². The van der Waals surface area contributed by atoms with Crippen molar-refractivity contribution in [1.82, 2.24) is 10.2 Å². The first-order chi connectivity index (χ1) is 16.2. The molecule has 0 saturated carbocycles. The van der Waals surface area contributed by atoms with E-state index < -0.39 is 0 Å². The quantitative estimate of drug-likeness (QED) is 0.231. The van der Waals surface area contributed by atoms with Gasteiger partial charge in [-0.15, -0.1) is 0 Å². The number of likely N-dealkylation sites (tertiary alicyclic amines) is 1. The average Bonchev–Trinajstić information content (AvgIpc) is 3.29. The smallest absolute Gasteiger partial charge is 0.410 e. The molecule has 0 radical (unpaired) electrons. The molecule has 1 aliphatic rings. The van der Waals surface area contributed by atoms with Gasteiger partial charge in [0.15, 0.2) is 6.29 Å². The van der Waals surface area contributed by atoms with Gasteiger partial charge in [-0.25, -0.2) is 4.79 Å². The lowest BCUT2D eigenvalue weighted by atomic mass is 9.99. The van der Waals surface area contributed by atoms with E-state index in [9.17, 15) is 4.79 Å². The number of hydrogen-bond donors (Lipinski definition) is 1. The lowest BCUT2D eigenvalue weighted by Gasteiger charge is -2.29. The van der Waals surface area contributed by atoms with Crippen LogP contribution in [0.2, 0.25) is 0 Å². The van der Waals surface area contributed by atoms with Gasteiger partial charge < -0.3 is 24.4 Å². The second kappa shape index (κ2) is 16.9. The van der Waals surface area contributed by atoms with Crippen molar-refractivity contribution in [2.24, 2.45) is 0 Å². The first kappa shape index (κ1) is 27.6. The van der Waals surface area contributed by atoms with E-state index in [0.717, 1.165) is 57.2 Å². The Hall–Kier alpha value is -1.63. The SMILES string of the molecule is CCCCC[C@@H](C[C@H]1CCCN1C(=O)OCc1ccccc1)NCCCC(OCC)OCC. The standard InChI is InChI=1S/C27H46N2O4/c1-4-7-9-16-24(28-19-12-18-26(31-5-2)32-6-3)21-25-17-13-20-29(25)27(30)33-22-23-14-10-8-11-15-23/h8,10-11,14-15,24-26,28H,4-7,9,12-13,16-22H2,1-3H3/t24-,25+/m0/s1. The molecule has 0 bridgehead atoms. The Labute approximate surface area is 201 Å². The number of benzene rings is 1. The minimum atomic E-state index is -0.176. The number of rotatable bonds is 17. The van der Waals surface area contributed by atoms with Gasteiger partial charge in [-0.1, -0.05) is 56.5 Å². The van der Waals surface area contributed by atoms with Crippen molar-refractivity contribution in [2.45, 2.75) is 104 Å². The van der Waals surface area contributed by atoms with Crippen LogP contribution in [-0.4, -0.2) is 55.7 Å². The van der Waals surface area contributed by atoms with Crippen LogP contribution in [0, 0.1) is 0 Å². The molecule has 2 rings (SSSR count). The molecule has 0 spiro atoms. The third-order valence-electron chi connectivity index (χ3n) is 6.28. The summed E-state index contributed by atoms with van der Waals surface area (Å²) in [6, 6.07) is 10.6. The van der Waals surface area contributed by atoms with E-state index in [4.69, 9.17) is 14.2 Å².